The lowest BCUT2D eigenvalue weighted by Crippen LogP contribution is -2.38. The maximum Gasteiger partial charge on any atom is 0.191 e. The number of aliphatic imine (C=N–C) groups is 1. The highest BCUT2D eigenvalue weighted by Crippen LogP contribution is 1.98. The Bertz CT molecular complexity index is 259. The van der Waals surface area contributed by atoms with Crippen LogP contribution in [0, 0.1) is 0 Å². The molecule has 0 unspecified atom stereocenters. The minimum atomic E-state index is 0. The molecule has 6 heteroatoms. The highest BCUT2D eigenvalue weighted by atomic mass is 127. The van der Waals surface area contributed by atoms with Gasteiger partial charge in [0.25, 0.3) is 0 Å². The molecule has 0 aliphatic carbocycles. The van der Waals surface area contributed by atoms with Crippen LogP contribution in [0.1, 0.15) is 52.9 Å². The van der Waals surface area contributed by atoms with Crippen LogP contribution in [0.4, 0.5) is 0 Å². The number of hydrogen-bond donors (Lipinski definition) is 2. The van der Waals surface area contributed by atoms with E-state index in [0.29, 0.717) is 0 Å². The summed E-state index contributed by atoms with van der Waals surface area (Å²) in [5, 5.41) is 6.77. The smallest absolute Gasteiger partial charge is 0.191 e. The van der Waals surface area contributed by atoms with Gasteiger partial charge in [-0.1, -0.05) is 13.8 Å². The molecule has 0 aromatic carbocycles. The van der Waals surface area contributed by atoms with Gasteiger partial charge in [0.1, 0.15) is 0 Å². The van der Waals surface area contributed by atoms with Crippen LogP contribution in [0.2, 0.25) is 0 Å². The first kappa shape index (κ1) is 25.5. The molecule has 4 nitrogen and oxygen atoms in total. The largest absolute Gasteiger partial charge is 0.357 e. The van der Waals surface area contributed by atoms with E-state index >= 15 is 0 Å². The number of thioether (sulfide) groups is 1. The maximum atomic E-state index is 4.69. The van der Waals surface area contributed by atoms with Crippen LogP contribution in [-0.2, 0) is 0 Å². The molecular formula is C17H39IN4S. The fraction of sp³-hybridized carbons (Fsp3) is 0.941. The van der Waals surface area contributed by atoms with Crippen molar-refractivity contribution >= 4 is 41.7 Å². The molecule has 23 heavy (non-hydrogen) atoms. The molecule has 0 aliphatic rings. The van der Waals surface area contributed by atoms with Crippen molar-refractivity contribution in [1.82, 2.24) is 15.5 Å². The van der Waals surface area contributed by atoms with Gasteiger partial charge in [-0.05, 0) is 70.7 Å². The summed E-state index contributed by atoms with van der Waals surface area (Å²) in [6.45, 7) is 13.1. The van der Waals surface area contributed by atoms with Gasteiger partial charge < -0.3 is 15.5 Å². The Morgan fingerprint density at radius 3 is 2.22 bits per heavy atom. The molecule has 0 aromatic heterocycles. The molecule has 0 rings (SSSR count). The topological polar surface area (TPSA) is 39.7 Å². The van der Waals surface area contributed by atoms with Crippen LogP contribution < -0.4 is 10.6 Å². The molecule has 0 bridgehead atoms. The van der Waals surface area contributed by atoms with Gasteiger partial charge in [0.15, 0.2) is 5.96 Å². The third-order valence-electron chi connectivity index (χ3n) is 3.39. The number of nitrogens with one attached hydrogen (secondary N) is 2. The fourth-order valence-corrected chi connectivity index (χ4v) is 2.87. The predicted octanol–water partition coefficient (Wildman–Crippen LogP) is 3.81. The second-order valence-corrected chi connectivity index (χ2v) is 6.57. The van der Waals surface area contributed by atoms with E-state index in [-0.39, 0.29) is 24.0 Å². The summed E-state index contributed by atoms with van der Waals surface area (Å²) < 4.78 is 0. The quantitative estimate of drug-likeness (QED) is 0.180. The zero-order valence-corrected chi connectivity index (χ0v) is 18.8. The van der Waals surface area contributed by atoms with E-state index in [0.717, 1.165) is 38.6 Å². The molecule has 0 fully saturated rings. The highest BCUT2D eigenvalue weighted by Gasteiger charge is 2.02. The molecule has 140 valence electrons. The summed E-state index contributed by atoms with van der Waals surface area (Å²) in [4.78, 5) is 7.24. The van der Waals surface area contributed by atoms with Gasteiger partial charge in [-0.2, -0.15) is 11.8 Å². The van der Waals surface area contributed by atoms with Crippen LogP contribution in [-0.4, -0.2) is 62.1 Å². The van der Waals surface area contributed by atoms with E-state index in [1.807, 2.05) is 11.8 Å². The minimum Gasteiger partial charge on any atom is -0.357 e. The Morgan fingerprint density at radius 1 is 0.957 bits per heavy atom. The van der Waals surface area contributed by atoms with E-state index in [1.54, 1.807) is 0 Å². The summed E-state index contributed by atoms with van der Waals surface area (Å²) in [7, 11) is 0. The van der Waals surface area contributed by atoms with Crippen LogP contribution in [0.5, 0.6) is 0 Å². The lowest BCUT2D eigenvalue weighted by atomic mass is 10.3. The molecule has 2 N–H and O–H groups in total. The SMILES string of the molecule is CCCN(CCC)CCCN=C(NCC)NCCCCSC.I. The van der Waals surface area contributed by atoms with E-state index in [2.05, 4.69) is 47.6 Å². The normalized spacial score (nSPS) is 11.4. The Hall–Kier alpha value is 0.310. The monoisotopic (exact) mass is 458 g/mol. The maximum absolute atomic E-state index is 4.69. The molecule has 0 aromatic rings. The van der Waals surface area contributed by atoms with Crippen molar-refractivity contribution in [2.75, 3.05) is 51.3 Å². The molecule has 0 atom stereocenters. The van der Waals surface area contributed by atoms with Gasteiger partial charge in [-0.15, -0.1) is 24.0 Å². The van der Waals surface area contributed by atoms with Gasteiger partial charge in [0, 0.05) is 19.6 Å². The molecule has 0 aliphatic heterocycles. The van der Waals surface area contributed by atoms with E-state index in [4.69, 9.17) is 0 Å². The number of unbranched alkanes of at least 4 members (excludes halogenated alkanes) is 1. The molecule has 0 amide bonds. The second kappa shape index (κ2) is 20.4. The van der Waals surface area contributed by atoms with Crippen molar-refractivity contribution in [2.45, 2.75) is 52.9 Å². The fourth-order valence-electron chi connectivity index (χ4n) is 2.37. The molecule has 0 radical (unpaired) electrons. The third kappa shape index (κ3) is 16.9. The highest BCUT2D eigenvalue weighted by molar-refractivity contribution is 14.0. The Morgan fingerprint density at radius 2 is 1.65 bits per heavy atom. The average Bonchev–Trinajstić information content (AvgIpc) is 2.51. The van der Waals surface area contributed by atoms with Gasteiger partial charge in [-0.3, -0.25) is 4.99 Å². The summed E-state index contributed by atoms with van der Waals surface area (Å²) in [5.74, 6) is 2.23. The van der Waals surface area contributed by atoms with Crippen LogP contribution >= 0.6 is 35.7 Å². The van der Waals surface area contributed by atoms with Crippen molar-refractivity contribution in [3.63, 3.8) is 0 Å². The number of hydrogen-bond acceptors (Lipinski definition) is 3. The van der Waals surface area contributed by atoms with Crippen molar-refractivity contribution in [1.29, 1.82) is 0 Å². The standard InChI is InChI=1S/C17H38N4S.HI/c1-5-13-21(14-6-2)15-10-12-20-17(18-7-3)19-11-8-9-16-22-4;/h5-16H2,1-4H3,(H2,18,19,20);1H. The molecule has 0 spiro atoms. The summed E-state index contributed by atoms with van der Waals surface area (Å²) in [6.07, 6.45) is 8.28. The first-order valence-electron chi connectivity index (χ1n) is 9.01. The van der Waals surface area contributed by atoms with E-state index in [9.17, 15) is 0 Å². The van der Waals surface area contributed by atoms with Gasteiger partial charge in [-0.25, -0.2) is 0 Å². The van der Waals surface area contributed by atoms with Gasteiger partial charge >= 0.3 is 0 Å². The third-order valence-corrected chi connectivity index (χ3v) is 4.09. The van der Waals surface area contributed by atoms with E-state index in [1.165, 1.54) is 44.5 Å². The number of nitrogens with zero attached hydrogens (tertiary/aromatic N) is 2. The number of halogens is 1. The summed E-state index contributed by atoms with van der Waals surface area (Å²) in [5.41, 5.74) is 0. The van der Waals surface area contributed by atoms with Crippen molar-refractivity contribution in [3.05, 3.63) is 0 Å². The van der Waals surface area contributed by atoms with Gasteiger partial charge in [0.05, 0.1) is 0 Å². The van der Waals surface area contributed by atoms with E-state index < -0.39 is 0 Å². The molecule has 0 heterocycles. The van der Waals surface area contributed by atoms with Crippen LogP contribution in [0.25, 0.3) is 0 Å². The lowest BCUT2D eigenvalue weighted by Gasteiger charge is -2.20. The van der Waals surface area contributed by atoms with Gasteiger partial charge in [0.2, 0.25) is 0 Å². The molecule has 0 saturated carbocycles. The number of guanidine groups is 1. The van der Waals surface area contributed by atoms with Crippen LogP contribution in [0.15, 0.2) is 4.99 Å². The zero-order chi connectivity index (χ0) is 16.5. The summed E-state index contributed by atoms with van der Waals surface area (Å²) >= 11 is 1.92. The molecular weight excluding hydrogens is 419 g/mol. The number of rotatable bonds is 14. The van der Waals surface area contributed by atoms with Crippen molar-refractivity contribution in [3.8, 4) is 0 Å². The van der Waals surface area contributed by atoms with Crippen molar-refractivity contribution < 1.29 is 0 Å². The first-order valence-corrected chi connectivity index (χ1v) is 10.4. The van der Waals surface area contributed by atoms with Crippen molar-refractivity contribution in [2.24, 2.45) is 4.99 Å². The summed E-state index contributed by atoms with van der Waals surface area (Å²) in [6, 6.07) is 0. The molecule has 0 saturated heterocycles. The zero-order valence-electron chi connectivity index (χ0n) is 15.7. The minimum absolute atomic E-state index is 0. The Balaban J connectivity index is 0. The predicted molar refractivity (Wildman–Crippen MR) is 119 cm³/mol. The first-order chi connectivity index (χ1) is 10.8. The Kier molecular flexibility index (Phi) is 22.6. The Labute approximate surface area is 166 Å². The average molecular weight is 458 g/mol. The second-order valence-electron chi connectivity index (χ2n) is 5.58. The van der Waals surface area contributed by atoms with Crippen LogP contribution in [0.3, 0.4) is 0 Å². The lowest BCUT2D eigenvalue weighted by molar-refractivity contribution is 0.273.